The SMILES string of the molecule is CC(=O)c1ccc(N2CCN(C(=O)Cn3nc(-c4ccc(Cl)cc4)ccc3=O)CC2)cc1. The highest BCUT2D eigenvalue weighted by Crippen LogP contribution is 2.19. The van der Waals surface area contributed by atoms with Crippen molar-refractivity contribution in [2.75, 3.05) is 31.1 Å². The quantitative estimate of drug-likeness (QED) is 0.558. The number of carbonyl (C=O) groups excluding carboxylic acids is 2. The number of rotatable bonds is 5. The second-order valence-corrected chi connectivity index (χ2v) is 8.13. The predicted octanol–water partition coefficient (Wildman–Crippen LogP) is 3.12. The Labute approximate surface area is 190 Å². The first-order chi connectivity index (χ1) is 15.4. The highest BCUT2D eigenvalue weighted by Gasteiger charge is 2.22. The summed E-state index contributed by atoms with van der Waals surface area (Å²) in [4.78, 5) is 40.5. The molecular formula is C24H23ClN4O3. The second kappa shape index (κ2) is 9.36. The topological polar surface area (TPSA) is 75.5 Å². The molecule has 0 spiro atoms. The van der Waals surface area contributed by atoms with Gasteiger partial charge in [-0.05, 0) is 49.4 Å². The van der Waals surface area contributed by atoms with Crippen LogP contribution < -0.4 is 10.5 Å². The van der Waals surface area contributed by atoms with Crippen LogP contribution >= 0.6 is 11.6 Å². The van der Waals surface area contributed by atoms with Crippen LogP contribution in [0.3, 0.4) is 0 Å². The fourth-order valence-electron chi connectivity index (χ4n) is 3.69. The van der Waals surface area contributed by atoms with Crippen LogP contribution in [-0.2, 0) is 11.3 Å². The molecule has 1 aliphatic heterocycles. The summed E-state index contributed by atoms with van der Waals surface area (Å²) in [5.41, 5.74) is 2.81. The molecule has 164 valence electrons. The Hall–Kier alpha value is -3.45. The lowest BCUT2D eigenvalue weighted by Crippen LogP contribution is -2.50. The molecule has 1 fully saturated rings. The van der Waals surface area contributed by atoms with E-state index < -0.39 is 0 Å². The van der Waals surface area contributed by atoms with E-state index in [-0.39, 0.29) is 23.8 Å². The van der Waals surface area contributed by atoms with E-state index in [2.05, 4.69) is 10.00 Å². The molecule has 1 saturated heterocycles. The van der Waals surface area contributed by atoms with E-state index in [1.54, 1.807) is 30.0 Å². The molecule has 1 aromatic heterocycles. The number of Topliss-reactive ketones (excluding diaryl/α,β-unsaturated/α-hetero) is 1. The summed E-state index contributed by atoms with van der Waals surface area (Å²) in [5.74, 6) is -0.101. The third kappa shape index (κ3) is 4.89. The molecule has 0 saturated carbocycles. The zero-order valence-electron chi connectivity index (χ0n) is 17.7. The maximum absolute atomic E-state index is 12.8. The molecule has 2 aromatic carbocycles. The average Bonchev–Trinajstić information content (AvgIpc) is 2.81. The van der Waals surface area contributed by atoms with Crippen molar-refractivity contribution < 1.29 is 9.59 Å². The Balaban J connectivity index is 1.39. The van der Waals surface area contributed by atoms with E-state index in [0.717, 1.165) is 11.3 Å². The van der Waals surface area contributed by atoms with Crippen molar-refractivity contribution in [1.82, 2.24) is 14.7 Å². The monoisotopic (exact) mass is 450 g/mol. The van der Waals surface area contributed by atoms with E-state index >= 15 is 0 Å². The highest BCUT2D eigenvalue weighted by molar-refractivity contribution is 6.30. The van der Waals surface area contributed by atoms with E-state index in [4.69, 9.17) is 11.6 Å². The van der Waals surface area contributed by atoms with Gasteiger partial charge in [-0.25, -0.2) is 4.68 Å². The number of ketones is 1. The first kappa shape index (κ1) is 21.8. The summed E-state index contributed by atoms with van der Waals surface area (Å²) < 4.78 is 1.21. The zero-order valence-corrected chi connectivity index (χ0v) is 18.5. The molecule has 1 aliphatic rings. The Morgan fingerprint density at radius 3 is 2.19 bits per heavy atom. The summed E-state index contributed by atoms with van der Waals surface area (Å²) in [7, 11) is 0. The smallest absolute Gasteiger partial charge is 0.267 e. The minimum absolute atomic E-state index is 0.0379. The maximum Gasteiger partial charge on any atom is 0.267 e. The van der Waals surface area contributed by atoms with Crippen LogP contribution in [0.4, 0.5) is 5.69 Å². The standard InChI is InChI=1S/C24H23ClN4O3/c1-17(30)18-4-8-21(9-5-18)27-12-14-28(15-13-27)24(32)16-29-23(31)11-10-22(26-29)19-2-6-20(25)7-3-19/h2-11H,12-16H2,1H3. The van der Waals surface area contributed by atoms with Gasteiger partial charge in [-0.3, -0.25) is 14.4 Å². The number of piperazine rings is 1. The summed E-state index contributed by atoms with van der Waals surface area (Å²) >= 11 is 5.94. The fraction of sp³-hybridized carbons (Fsp3) is 0.250. The van der Waals surface area contributed by atoms with Gasteiger partial charge < -0.3 is 9.80 Å². The van der Waals surface area contributed by atoms with Crippen molar-refractivity contribution in [2.45, 2.75) is 13.5 Å². The second-order valence-electron chi connectivity index (χ2n) is 7.69. The normalized spacial score (nSPS) is 13.8. The Morgan fingerprint density at radius 2 is 1.56 bits per heavy atom. The minimum atomic E-state index is -0.319. The fourth-order valence-corrected chi connectivity index (χ4v) is 3.81. The van der Waals surface area contributed by atoms with Gasteiger partial charge in [-0.1, -0.05) is 23.7 Å². The van der Waals surface area contributed by atoms with Crippen molar-refractivity contribution >= 4 is 29.0 Å². The predicted molar refractivity (Wildman–Crippen MR) is 124 cm³/mol. The van der Waals surface area contributed by atoms with E-state index in [1.807, 2.05) is 36.4 Å². The van der Waals surface area contributed by atoms with E-state index in [1.165, 1.54) is 10.7 Å². The highest BCUT2D eigenvalue weighted by atomic mass is 35.5. The number of anilines is 1. The molecule has 4 rings (SSSR count). The van der Waals surface area contributed by atoms with Crippen LogP contribution in [0.2, 0.25) is 5.02 Å². The largest absolute Gasteiger partial charge is 0.368 e. The van der Waals surface area contributed by atoms with Crippen LogP contribution in [0.25, 0.3) is 11.3 Å². The van der Waals surface area contributed by atoms with Gasteiger partial charge in [0.05, 0.1) is 5.69 Å². The summed E-state index contributed by atoms with van der Waals surface area (Å²) in [5, 5.41) is 4.98. The number of nitrogens with zero attached hydrogens (tertiary/aromatic N) is 4. The van der Waals surface area contributed by atoms with Crippen LogP contribution in [0.1, 0.15) is 17.3 Å². The number of hydrogen-bond acceptors (Lipinski definition) is 5. The Bertz CT molecular complexity index is 1180. The molecule has 32 heavy (non-hydrogen) atoms. The van der Waals surface area contributed by atoms with Crippen LogP contribution in [0.5, 0.6) is 0 Å². The molecule has 3 aromatic rings. The molecule has 0 radical (unpaired) electrons. The molecule has 0 bridgehead atoms. The van der Waals surface area contributed by atoms with Crippen LogP contribution in [0, 0.1) is 0 Å². The first-order valence-corrected chi connectivity index (χ1v) is 10.8. The lowest BCUT2D eigenvalue weighted by atomic mass is 10.1. The number of amides is 1. The zero-order chi connectivity index (χ0) is 22.7. The molecule has 7 nitrogen and oxygen atoms in total. The van der Waals surface area contributed by atoms with Crippen molar-refractivity contribution in [1.29, 1.82) is 0 Å². The van der Waals surface area contributed by atoms with Gasteiger partial charge in [0.2, 0.25) is 5.91 Å². The van der Waals surface area contributed by atoms with Crippen molar-refractivity contribution in [3.8, 4) is 11.3 Å². The Kier molecular flexibility index (Phi) is 6.37. The molecule has 1 amide bonds. The van der Waals surface area contributed by atoms with Crippen LogP contribution in [-0.4, -0.2) is 52.5 Å². The summed E-state index contributed by atoms with van der Waals surface area (Å²) in [6, 6.07) is 17.7. The first-order valence-electron chi connectivity index (χ1n) is 10.4. The van der Waals surface area contributed by atoms with Crippen LogP contribution in [0.15, 0.2) is 65.5 Å². The average molecular weight is 451 g/mol. The molecular weight excluding hydrogens is 428 g/mol. The lowest BCUT2D eigenvalue weighted by Gasteiger charge is -2.36. The van der Waals surface area contributed by atoms with E-state index in [9.17, 15) is 14.4 Å². The van der Waals surface area contributed by atoms with Gasteiger partial charge in [0.1, 0.15) is 6.54 Å². The number of carbonyl (C=O) groups is 2. The third-order valence-corrected chi connectivity index (χ3v) is 5.81. The summed E-state index contributed by atoms with van der Waals surface area (Å²) in [6.07, 6.45) is 0. The van der Waals surface area contributed by atoms with Crippen molar-refractivity contribution in [3.05, 3.63) is 81.6 Å². The van der Waals surface area contributed by atoms with E-state index in [0.29, 0.717) is 42.5 Å². The number of benzene rings is 2. The molecule has 0 atom stereocenters. The van der Waals surface area contributed by atoms with Crippen molar-refractivity contribution in [3.63, 3.8) is 0 Å². The minimum Gasteiger partial charge on any atom is -0.368 e. The summed E-state index contributed by atoms with van der Waals surface area (Å²) in [6.45, 7) is 3.91. The number of hydrogen-bond donors (Lipinski definition) is 0. The number of aromatic nitrogens is 2. The molecule has 0 unspecified atom stereocenters. The lowest BCUT2D eigenvalue weighted by molar-refractivity contribution is -0.132. The third-order valence-electron chi connectivity index (χ3n) is 5.56. The van der Waals surface area contributed by atoms with Gasteiger partial charge in [0.15, 0.2) is 5.78 Å². The van der Waals surface area contributed by atoms with Gasteiger partial charge in [0, 0.05) is 54.1 Å². The molecule has 8 heteroatoms. The molecule has 2 heterocycles. The van der Waals surface area contributed by atoms with Gasteiger partial charge in [-0.2, -0.15) is 5.10 Å². The molecule has 0 N–H and O–H groups in total. The van der Waals surface area contributed by atoms with Gasteiger partial charge in [0.25, 0.3) is 5.56 Å². The molecule has 0 aliphatic carbocycles. The van der Waals surface area contributed by atoms with Gasteiger partial charge in [-0.15, -0.1) is 0 Å². The maximum atomic E-state index is 12.8. The number of halogens is 1. The van der Waals surface area contributed by atoms with Gasteiger partial charge >= 0.3 is 0 Å². The Morgan fingerprint density at radius 1 is 0.906 bits per heavy atom. The van der Waals surface area contributed by atoms with Crippen molar-refractivity contribution in [2.24, 2.45) is 0 Å².